The number of anilines is 2. The van der Waals surface area contributed by atoms with Crippen LogP contribution in [0, 0.1) is 4.78 Å². The van der Waals surface area contributed by atoms with Gasteiger partial charge in [-0.1, -0.05) is 6.92 Å². The molecule has 0 spiro atoms. The van der Waals surface area contributed by atoms with Crippen molar-refractivity contribution in [2.75, 3.05) is 23.9 Å². The number of fused-ring (bicyclic) bond motifs is 2. The van der Waals surface area contributed by atoms with Gasteiger partial charge in [0.2, 0.25) is 5.88 Å². The molecule has 3 aromatic heterocycles. The number of carbonyl (C=O) groups is 1. The third-order valence-corrected chi connectivity index (χ3v) is 7.62. The maximum absolute atomic E-state index is 12.4. The molecule has 3 aromatic rings. The summed E-state index contributed by atoms with van der Waals surface area (Å²) in [5, 5.41) is 4.77. The number of cyclic esters (lactones) is 1. The minimum absolute atomic E-state index is 0.0851. The van der Waals surface area contributed by atoms with Crippen LogP contribution in [0.5, 0.6) is 5.88 Å². The Bertz CT molecular complexity index is 1460. The Morgan fingerprint density at radius 2 is 1.95 bits per heavy atom. The molecule has 11 heteroatoms. The predicted molar refractivity (Wildman–Crippen MR) is 144 cm³/mol. The Kier molecular flexibility index (Phi) is 6.89. The molecule has 37 heavy (non-hydrogen) atoms. The molecule has 198 valence electrons. The van der Waals surface area contributed by atoms with Gasteiger partial charge in [-0.15, -0.1) is 0 Å². The highest BCUT2D eigenvalue weighted by Crippen LogP contribution is 2.38. The van der Waals surface area contributed by atoms with Crippen molar-refractivity contribution in [3.8, 4) is 5.88 Å². The van der Waals surface area contributed by atoms with Gasteiger partial charge in [-0.05, 0) is 63.3 Å². The lowest BCUT2D eigenvalue weighted by Gasteiger charge is -2.36. The summed E-state index contributed by atoms with van der Waals surface area (Å²) in [4.78, 5) is 26.2. The highest BCUT2D eigenvalue weighted by atomic mass is 32.2. The molecule has 2 atom stereocenters. The van der Waals surface area contributed by atoms with Crippen molar-refractivity contribution in [2.24, 2.45) is 5.73 Å². The fourth-order valence-electron chi connectivity index (χ4n) is 4.20. The standard InChI is InChI=1S/C26H34N6O4S/c1-15-22-16(24(33)36-26(15,4)5)8-9-20(32-22)31-21-12-17-18(13-29-21)23(30-14-19(17)25(2,3)27)35-10-7-11-37(6,28)34/h8-9,12-15,28H,7,10-11,27H2,1-6H3,(H,29,31,32)/t15-,37?/m1/s1. The second-order valence-corrected chi connectivity index (χ2v) is 13.1. The Morgan fingerprint density at radius 1 is 1.22 bits per heavy atom. The number of aromatic nitrogens is 3. The molecule has 1 unspecified atom stereocenters. The Balaban J connectivity index is 1.67. The lowest BCUT2D eigenvalue weighted by Crippen LogP contribution is -2.39. The summed E-state index contributed by atoms with van der Waals surface area (Å²) in [6.45, 7) is 9.83. The first-order valence-corrected chi connectivity index (χ1v) is 14.2. The number of esters is 1. The van der Waals surface area contributed by atoms with E-state index >= 15 is 0 Å². The number of hydrogen-bond acceptors (Lipinski definition) is 10. The van der Waals surface area contributed by atoms with Crippen LogP contribution in [-0.4, -0.2) is 49.3 Å². The SMILES string of the molecule is C[C@@H]1c2nc(Nc3cc4c(C(C)(C)N)cnc(OCCCS(C)(=N)=O)c4cn3)ccc2C(=O)OC1(C)C. The molecule has 0 amide bonds. The number of ether oxygens (including phenoxy) is 2. The van der Waals surface area contributed by atoms with Crippen molar-refractivity contribution in [1.82, 2.24) is 15.0 Å². The zero-order valence-electron chi connectivity index (χ0n) is 22.0. The lowest BCUT2D eigenvalue weighted by molar-refractivity contribution is -0.0189. The monoisotopic (exact) mass is 526 g/mol. The van der Waals surface area contributed by atoms with Crippen molar-refractivity contribution in [3.63, 3.8) is 0 Å². The highest BCUT2D eigenvalue weighted by molar-refractivity contribution is 7.91. The van der Waals surface area contributed by atoms with Gasteiger partial charge in [0, 0.05) is 45.6 Å². The summed E-state index contributed by atoms with van der Waals surface area (Å²) in [6.07, 6.45) is 5.26. The first-order chi connectivity index (χ1) is 17.2. The maximum atomic E-state index is 12.4. The minimum atomic E-state index is -2.57. The van der Waals surface area contributed by atoms with Crippen LogP contribution in [0.25, 0.3) is 10.8 Å². The van der Waals surface area contributed by atoms with Gasteiger partial charge in [0.15, 0.2) is 0 Å². The van der Waals surface area contributed by atoms with Crippen LogP contribution < -0.4 is 15.8 Å². The third-order valence-electron chi connectivity index (χ3n) is 6.56. The summed E-state index contributed by atoms with van der Waals surface area (Å²) < 4.78 is 30.6. The first-order valence-electron chi connectivity index (χ1n) is 12.1. The first kappa shape index (κ1) is 26.7. The molecule has 0 bridgehead atoms. The molecule has 0 saturated heterocycles. The maximum Gasteiger partial charge on any atom is 0.340 e. The van der Waals surface area contributed by atoms with Crippen molar-refractivity contribution < 1.29 is 18.5 Å². The van der Waals surface area contributed by atoms with Crippen LogP contribution in [-0.2, 0) is 20.0 Å². The second-order valence-electron chi connectivity index (χ2n) is 10.7. The summed E-state index contributed by atoms with van der Waals surface area (Å²) in [5.41, 5.74) is 7.08. The van der Waals surface area contributed by atoms with Crippen molar-refractivity contribution in [3.05, 3.63) is 47.4 Å². The van der Waals surface area contributed by atoms with Crippen LogP contribution in [0.3, 0.4) is 0 Å². The van der Waals surface area contributed by atoms with Gasteiger partial charge in [0.1, 0.15) is 17.2 Å². The topological polar surface area (TPSA) is 153 Å². The van der Waals surface area contributed by atoms with Crippen LogP contribution in [0.4, 0.5) is 11.6 Å². The van der Waals surface area contributed by atoms with Gasteiger partial charge in [-0.2, -0.15) is 0 Å². The summed E-state index contributed by atoms with van der Waals surface area (Å²) >= 11 is 0. The van der Waals surface area contributed by atoms with Crippen LogP contribution in [0.1, 0.15) is 68.6 Å². The van der Waals surface area contributed by atoms with Gasteiger partial charge in [0.25, 0.3) is 0 Å². The molecule has 10 nitrogen and oxygen atoms in total. The number of rotatable bonds is 8. The van der Waals surface area contributed by atoms with E-state index in [9.17, 15) is 9.00 Å². The fraction of sp³-hybridized carbons (Fsp3) is 0.462. The van der Waals surface area contributed by atoms with Gasteiger partial charge < -0.3 is 20.5 Å². The summed E-state index contributed by atoms with van der Waals surface area (Å²) in [6, 6.07) is 5.32. The molecular formula is C26H34N6O4S. The number of carbonyl (C=O) groups excluding carboxylic acids is 1. The molecule has 4 rings (SSSR count). The largest absolute Gasteiger partial charge is 0.477 e. The predicted octanol–water partition coefficient (Wildman–Crippen LogP) is 4.46. The van der Waals surface area contributed by atoms with E-state index in [-0.39, 0.29) is 24.2 Å². The van der Waals surface area contributed by atoms with E-state index in [4.69, 9.17) is 25.0 Å². The molecule has 0 radical (unpaired) electrons. The summed E-state index contributed by atoms with van der Waals surface area (Å²) in [5.74, 6) is 1.30. The van der Waals surface area contributed by atoms with E-state index in [1.165, 1.54) is 6.26 Å². The van der Waals surface area contributed by atoms with Gasteiger partial charge >= 0.3 is 5.97 Å². The van der Waals surface area contributed by atoms with Crippen LogP contribution in [0.2, 0.25) is 0 Å². The highest BCUT2D eigenvalue weighted by Gasteiger charge is 2.40. The van der Waals surface area contributed by atoms with Gasteiger partial charge in [0.05, 0.1) is 23.3 Å². The number of nitrogens with zero attached hydrogens (tertiary/aromatic N) is 3. The average molecular weight is 527 g/mol. The quantitative estimate of drug-likeness (QED) is 0.285. The van der Waals surface area contributed by atoms with E-state index in [1.807, 2.05) is 40.7 Å². The van der Waals surface area contributed by atoms with E-state index < -0.39 is 20.9 Å². The molecule has 0 aromatic carbocycles. The van der Waals surface area contributed by atoms with E-state index in [2.05, 4.69) is 15.3 Å². The van der Waals surface area contributed by atoms with Crippen molar-refractivity contribution in [1.29, 1.82) is 4.78 Å². The number of hydrogen-bond donors (Lipinski definition) is 3. The summed E-state index contributed by atoms with van der Waals surface area (Å²) in [7, 11) is -2.57. The third kappa shape index (κ3) is 5.83. The second kappa shape index (κ2) is 9.53. The van der Waals surface area contributed by atoms with Crippen LogP contribution >= 0.6 is 0 Å². The normalized spacial score (nSPS) is 18.6. The van der Waals surface area contributed by atoms with Crippen molar-refractivity contribution in [2.45, 2.75) is 58.1 Å². The van der Waals surface area contributed by atoms with Crippen molar-refractivity contribution >= 4 is 38.1 Å². The lowest BCUT2D eigenvalue weighted by atomic mass is 9.84. The molecule has 4 heterocycles. The molecule has 1 aliphatic rings. The molecule has 0 saturated carbocycles. The Morgan fingerprint density at radius 3 is 2.62 bits per heavy atom. The van der Waals surface area contributed by atoms with E-state index in [0.29, 0.717) is 40.6 Å². The molecule has 1 aliphatic heterocycles. The number of pyridine rings is 3. The van der Waals surface area contributed by atoms with Gasteiger partial charge in [-0.25, -0.2) is 19.7 Å². The molecule has 4 N–H and O–H groups in total. The molecule has 0 fully saturated rings. The fourth-order valence-corrected chi connectivity index (χ4v) is 4.87. The molecular weight excluding hydrogens is 492 g/mol. The van der Waals surface area contributed by atoms with E-state index in [1.54, 1.807) is 24.5 Å². The smallest absolute Gasteiger partial charge is 0.340 e. The Labute approximate surface area is 217 Å². The average Bonchev–Trinajstić information content (AvgIpc) is 2.78. The number of nitrogens with two attached hydrogens (primary N) is 1. The number of nitrogens with one attached hydrogen (secondary N) is 2. The Hall–Kier alpha value is -3.31. The van der Waals surface area contributed by atoms with Crippen LogP contribution in [0.15, 0.2) is 30.6 Å². The zero-order valence-corrected chi connectivity index (χ0v) is 22.9. The molecule has 0 aliphatic carbocycles. The zero-order chi connectivity index (χ0) is 27.2. The van der Waals surface area contributed by atoms with Gasteiger partial charge in [-0.3, -0.25) is 8.99 Å². The van der Waals surface area contributed by atoms with E-state index in [0.717, 1.165) is 10.9 Å². The minimum Gasteiger partial charge on any atom is -0.477 e.